The van der Waals surface area contributed by atoms with E-state index in [0.717, 1.165) is 11.1 Å². The molecule has 0 saturated heterocycles. The van der Waals surface area contributed by atoms with Crippen LogP contribution in [0.15, 0.2) is 16.6 Å². The highest BCUT2D eigenvalue weighted by atomic mass is 79.9. The summed E-state index contributed by atoms with van der Waals surface area (Å²) in [4.78, 5) is 0. The van der Waals surface area contributed by atoms with E-state index in [1.54, 1.807) is 7.11 Å². The van der Waals surface area contributed by atoms with Crippen LogP contribution in [0.4, 0.5) is 0 Å². The molecule has 0 aliphatic carbocycles. The smallest absolute Gasteiger partial charge is 0.133 e. The molecule has 1 atom stereocenters. The minimum absolute atomic E-state index is 0.0283. The Morgan fingerprint density at radius 1 is 1.53 bits per heavy atom. The molecule has 1 aromatic carbocycles. The number of aromatic hydroxyl groups is 1. The van der Waals surface area contributed by atoms with Crippen LogP contribution in [0.2, 0.25) is 0 Å². The summed E-state index contributed by atoms with van der Waals surface area (Å²) < 4.78 is 5.74. The Balaban J connectivity index is 3.01. The lowest BCUT2D eigenvalue weighted by Crippen LogP contribution is -2.18. The third kappa shape index (κ3) is 3.48. The normalized spacial score (nSPS) is 12.8. The van der Waals surface area contributed by atoms with Gasteiger partial charge in [0.1, 0.15) is 5.75 Å². The monoisotopic (exact) mass is 273 g/mol. The van der Waals surface area contributed by atoms with Crippen molar-refractivity contribution in [2.24, 2.45) is 5.73 Å². The lowest BCUT2D eigenvalue weighted by atomic mass is 10.0. The lowest BCUT2D eigenvalue weighted by Gasteiger charge is -2.11. The summed E-state index contributed by atoms with van der Waals surface area (Å²) in [5.41, 5.74) is 7.59. The fourth-order valence-corrected chi connectivity index (χ4v) is 2.02. The van der Waals surface area contributed by atoms with E-state index in [1.807, 2.05) is 19.1 Å². The molecule has 4 heteroatoms. The Kier molecular flexibility index (Phi) is 4.57. The maximum absolute atomic E-state index is 9.80. The molecule has 0 radical (unpaired) electrons. The molecule has 1 unspecified atom stereocenters. The van der Waals surface area contributed by atoms with E-state index in [4.69, 9.17) is 10.5 Å². The van der Waals surface area contributed by atoms with Crippen LogP contribution < -0.4 is 5.73 Å². The highest BCUT2D eigenvalue weighted by Gasteiger charge is 2.09. The SMILES string of the molecule is COCc1cc(Br)c(O)c(CC(C)N)c1. The van der Waals surface area contributed by atoms with Crippen molar-refractivity contribution < 1.29 is 9.84 Å². The van der Waals surface area contributed by atoms with Gasteiger partial charge in [0, 0.05) is 13.2 Å². The quantitative estimate of drug-likeness (QED) is 0.884. The van der Waals surface area contributed by atoms with Crippen molar-refractivity contribution in [2.75, 3.05) is 7.11 Å². The number of phenols is 1. The molecular weight excluding hydrogens is 258 g/mol. The molecule has 0 bridgehead atoms. The van der Waals surface area contributed by atoms with E-state index in [1.165, 1.54) is 0 Å². The number of hydrogen-bond acceptors (Lipinski definition) is 3. The molecule has 1 rings (SSSR count). The first-order chi connectivity index (χ1) is 7.04. The molecule has 0 amide bonds. The summed E-state index contributed by atoms with van der Waals surface area (Å²) in [5.74, 6) is 0.271. The van der Waals surface area contributed by atoms with E-state index >= 15 is 0 Å². The van der Waals surface area contributed by atoms with Crippen LogP contribution in [0.1, 0.15) is 18.1 Å². The third-order valence-electron chi connectivity index (χ3n) is 2.06. The highest BCUT2D eigenvalue weighted by Crippen LogP contribution is 2.30. The molecule has 3 N–H and O–H groups in total. The van der Waals surface area contributed by atoms with Gasteiger partial charge < -0.3 is 15.6 Å². The average Bonchev–Trinajstić information content (AvgIpc) is 2.13. The van der Waals surface area contributed by atoms with Crippen LogP contribution in [0.3, 0.4) is 0 Å². The zero-order valence-corrected chi connectivity index (χ0v) is 10.5. The summed E-state index contributed by atoms with van der Waals surface area (Å²) >= 11 is 3.31. The number of rotatable bonds is 4. The Morgan fingerprint density at radius 3 is 2.73 bits per heavy atom. The van der Waals surface area contributed by atoms with Crippen molar-refractivity contribution >= 4 is 15.9 Å². The van der Waals surface area contributed by atoms with E-state index in [-0.39, 0.29) is 11.8 Å². The number of hydrogen-bond donors (Lipinski definition) is 2. The first-order valence-electron chi connectivity index (χ1n) is 4.79. The molecule has 84 valence electrons. The minimum Gasteiger partial charge on any atom is -0.506 e. The lowest BCUT2D eigenvalue weighted by molar-refractivity contribution is 0.184. The van der Waals surface area contributed by atoms with Crippen LogP contribution in [0.25, 0.3) is 0 Å². The molecule has 1 aromatic rings. The zero-order valence-electron chi connectivity index (χ0n) is 8.96. The number of nitrogens with two attached hydrogens (primary N) is 1. The Bertz CT molecular complexity index is 340. The van der Waals surface area contributed by atoms with Crippen molar-refractivity contribution in [3.63, 3.8) is 0 Å². The second kappa shape index (κ2) is 5.49. The first-order valence-corrected chi connectivity index (χ1v) is 5.58. The second-order valence-electron chi connectivity index (χ2n) is 3.70. The van der Waals surface area contributed by atoms with Gasteiger partial charge in [-0.3, -0.25) is 0 Å². The highest BCUT2D eigenvalue weighted by molar-refractivity contribution is 9.10. The van der Waals surface area contributed by atoms with Gasteiger partial charge in [0.15, 0.2) is 0 Å². The number of halogens is 1. The van der Waals surface area contributed by atoms with Gasteiger partial charge in [-0.1, -0.05) is 0 Å². The van der Waals surface area contributed by atoms with Crippen LogP contribution in [0.5, 0.6) is 5.75 Å². The molecule has 0 saturated carbocycles. The molecule has 0 spiro atoms. The van der Waals surface area contributed by atoms with Crippen LogP contribution in [-0.4, -0.2) is 18.3 Å². The van der Waals surface area contributed by atoms with Crippen LogP contribution in [0, 0.1) is 0 Å². The topological polar surface area (TPSA) is 55.5 Å². The zero-order chi connectivity index (χ0) is 11.4. The molecule has 0 fully saturated rings. The second-order valence-corrected chi connectivity index (χ2v) is 4.55. The van der Waals surface area contributed by atoms with Gasteiger partial charge in [0.2, 0.25) is 0 Å². The van der Waals surface area contributed by atoms with Crippen molar-refractivity contribution in [3.8, 4) is 5.75 Å². The van der Waals surface area contributed by atoms with Crippen molar-refractivity contribution in [2.45, 2.75) is 26.0 Å². The van der Waals surface area contributed by atoms with Crippen molar-refractivity contribution in [1.29, 1.82) is 0 Å². The van der Waals surface area contributed by atoms with Crippen LogP contribution in [-0.2, 0) is 17.8 Å². The molecule has 0 aromatic heterocycles. The Labute approximate surface area is 98.4 Å². The first kappa shape index (κ1) is 12.5. The summed E-state index contributed by atoms with van der Waals surface area (Å²) in [6, 6.07) is 3.80. The minimum atomic E-state index is 0.0283. The summed E-state index contributed by atoms with van der Waals surface area (Å²) in [5, 5.41) is 9.80. The average molecular weight is 274 g/mol. The molecule has 3 nitrogen and oxygen atoms in total. The van der Waals surface area contributed by atoms with Gasteiger partial charge in [-0.05, 0) is 52.5 Å². The van der Waals surface area contributed by atoms with Gasteiger partial charge in [-0.25, -0.2) is 0 Å². The molecular formula is C11H16BrNO2. The fraction of sp³-hybridized carbons (Fsp3) is 0.455. The molecule has 0 aliphatic rings. The van der Waals surface area contributed by atoms with Gasteiger partial charge >= 0.3 is 0 Å². The van der Waals surface area contributed by atoms with Gasteiger partial charge in [-0.2, -0.15) is 0 Å². The summed E-state index contributed by atoms with van der Waals surface area (Å²) in [6.07, 6.45) is 0.655. The number of methoxy groups -OCH3 is 1. The number of benzene rings is 1. The van der Waals surface area contributed by atoms with Crippen molar-refractivity contribution in [3.05, 3.63) is 27.7 Å². The van der Waals surface area contributed by atoms with E-state index in [2.05, 4.69) is 15.9 Å². The predicted octanol–water partition coefficient (Wildman–Crippen LogP) is 2.19. The molecule has 0 heterocycles. The predicted molar refractivity (Wildman–Crippen MR) is 63.9 cm³/mol. The maximum Gasteiger partial charge on any atom is 0.133 e. The third-order valence-corrected chi connectivity index (χ3v) is 2.66. The fourth-order valence-electron chi connectivity index (χ4n) is 1.47. The molecule has 0 aliphatic heterocycles. The molecule has 15 heavy (non-hydrogen) atoms. The number of phenolic OH excluding ortho intramolecular Hbond substituents is 1. The van der Waals surface area contributed by atoms with E-state index in [9.17, 15) is 5.11 Å². The maximum atomic E-state index is 9.80. The van der Waals surface area contributed by atoms with Gasteiger partial charge in [-0.15, -0.1) is 0 Å². The standard InChI is InChI=1S/C11H16BrNO2/c1-7(13)3-9-4-8(6-15-2)5-10(12)11(9)14/h4-5,7,14H,3,6,13H2,1-2H3. The van der Waals surface area contributed by atoms with E-state index in [0.29, 0.717) is 17.5 Å². The Hall–Kier alpha value is -0.580. The van der Waals surface area contributed by atoms with E-state index < -0.39 is 0 Å². The summed E-state index contributed by atoms with van der Waals surface area (Å²) in [7, 11) is 1.64. The van der Waals surface area contributed by atoms with Gasteiger partial charge in [0.05, 0.1) is 11.1 Å². The van der Waals surface area contributed by atoms with Gasteiger partial charge in [0.25, 0.3) is 0 Å². The van der Waals surface area contributed by atoms with Crippen molar-refractivity contribution in [1.82, 2.24) is 0 Å². The van der Waals surface area contributed by atoms with Crippen LogP contribution >= 0.6 is 15.9 Å². The largest absolute Gasteiger partial charge is 0.506 e. The number of ether oxygens (including phenoxy) is 1. The summed E-state index contributed by atoms with van der Waals surface area (Å²) in [6.45, 7) is 2.45. The Morgan fingerprint density at radius 2 is 2.20 bits per heavy atom.